The zero-order chi connectivity index (χ0) is 13.7. The normalized spacial score (nSPS) is 17.5. The van der Waals surface area contributed by atoms with Crippen LogP contribution in [0.25, 0.3) is 0 Å². The average molecular weight is 283 g/mol. The summed E-state index contributed by atoms with van der Waals surface area (Å²) in [5.74, 6) is 2.94. The Bertz CT molecular complexity index is 389. The van der Waals surface area contributed by atoms with Crippen LogP contribution < -0.4 is 5.32 Å². The Kier molecular flexibility index (Phi) is 5.15. The molecule has 1 fully saturated rings. The number of amides is 2. The van der Waals surface area contributed by atoms with Crippen LogP contribution in [0.5, 0.6) is 0 Å². The second kappa shape index (κ2) is 6.86. The molecule has 6 heteroatoms. The number of carbonyl (C=O) groups is 1. The minimum Gasteiger partial charge on any atom is -0.468 e. The number of carbonyl (C=O) groups excluding carboxylic acids is 1. The molecule has 1 aromatic heterocycles. The molecule has 1 aliphatic heterocycles. The number of nitrogens with zero attached hydrogens (tertiary/aromatic N) is 2. The topological polar surface area (TPSA) is 48.7 Å². The van der Waals surface area contributed by atoms with Crippen LogP contribution in [0.2, 0.25) is 0 Å². The molecule has 0 saturated carbocycles. The SMILES string of the molecule is CN(C)[C@H](CNC(=O)N1CCSCC1)c1ccco1. The van der Waals surface area contributed by atoms with Gasteiger partial charge in [0, 0.05) is 31.1 Å². The van der Waals surface area contributed by atoms with Gasteiger partial charge in [0.15, 0.2) is 0 Å². The van der Waals surface area contributed by atoms with Crippen LogP contribution in [0.3, 0.4) is 0 Å². The molecule has 0 spiro atoms. The van der Waals surface area contributed by atoms with E-state index in [0.29, 0.717) is 6.54 Å². The number of thioether (sulfide) groups is 1. The molecular weight excluding hydrogens is 262 g/mol. The molecule has 106 valence electrons. The Labute approximate surface area is 118 Å². The molecule has 2 heterocycles. The van der Waals surface area contributed by atoms with Crippen molar-refractivity contribution in [2.24, 2.45) is 0 Å². The minimum absolute atomic E-state index is 0.0266. The molecule has 1 aliphatic rings. The van der Waals surface area contributed by atoms with Gasteiger partial charge in [-0.3, -0.25) is 4.90 Å². The quantitative estimate of drug-likeness (QED) is 0.912. The van der Waals surface area contributed by atoms with E-state index in [0.717, 1.165) is 30.4 Å². The van der Waals surface area contributed by atoms with Gasteiger partial charge in [-0.1, -0.05) is 0 Å². The number of hydrogen-bond acceptors (Lipinski definition) is 4. The van der Waals surface area contributed by atoms with Crippen LogP contribution in [0.4, 0.5) is 4.79 Å². The fraction of sp³-hybridized carbons (Fsp3) is 0.615. The molecule has 2 amide bonds. The van der Waals surface area contributed by atoms with Crippen LogP contribution in [0.1, 0.15) is 11.8 Å². The molecular formula is C13H21N3O2S. The van der Waals surface area contributed by atoms with E-state index in [-0.39, 0.29) is 12.1 Å². The Balaban J connectivity index is 1.86. The van der Waals surface area contributed by atoms with E-state index in [2.05, 4.69) is 5.32 Å². The first-order valence-corrected chi connectivity index (χ1v) is 7.64. The summed E-state index contributed by atoms with van der Waals surface area (Å²) in [6.07, 6.45) is 1.66. The Morgan fingerprint density at radius 3 is 2.84 bits per heavy atom. The van der Waals surface area contributed by atoms with E-state index >= 15 is 0 Å². The van der Waals surface area contributed by atoms with E-state index in [1.165, 1.54) is 0 Å². The van der Waals surface area contributed by atoms with Crippen LogP contribution in [0.15, 0.2) is 22.8 Å². The molecule has 0 bridgehead atoms. The van der Waals surface area contributed by atoms with Gasteiger partial charge in [0.2, 0.25) is 0 Å². The van der Waals surface area contributed by atoms with E-state index in [1.807, 2.05) is 47.8 Å². The third-order valence-corrected chi connectivity index (χ3v) is 4.18. The maximum Gasteiger partial charge on any atom is 0.317 e. The Morgan fingerprint density at radius 2 is 2.26 bits per heavy atom. The number of likely N-dealkylation sites (N-methyl/N-ethyl adjacent to an activating group) is 1. The highest BCUT2D eigenvalue weighted by Gasteiger charge is 2.21. The monoisotopic (exact) mass is 283 g/mol. The molecule has 0 aromatic carbocycles. The molecule has 0 unspecified atom stereocenters. The predicted molar refractivity (Wildman–Crippen MR) is 77.4 cm³/mol. The summed E-state index contributed by atoms with van der Waals surface area (Å²) in [4.78, 5) is 16.0. The summed E-state index contributed by atoms with van der Waals surface area (Å²) >= 11 is 1.90. The zero-order valence-corrected chi connectivity index (χ0v) is 12.3. The lowest BCUT2D eigenvalue weighted by molar-refractivity contribution is 0.194. The molecule has 1 N–H and O–H groups in total. The van der Waals surface area contributed by atoms with Crippen molar-refractivity contribution >= 4 is 17.8 Å². The fourth-order valence-corrected chi connectivity index (χ4v) is 2.98. The Hall–Kier alpha value is -1.14. The number of furan rings is 1. The summed E-state index contributed by atoms with van der Waals surface area (Å²) in [5.41, 5.74) is 0. The molecule has 1 atom stereocenters. The molecule has 0 radical (unpaired) electrons. The van der Waals surface area contributed by atoms with E-state index in [1.54, 1.807) is 6.26 Å². The van der Waals surface area contributed by atoms with Crippen LogP contribution in [-0.4, -0.2) is 61.1 Å². The highest BCUT2D eigenvalue weighted by atomic mass is 32.2. The lowest BCUT2D eigenvalue weighted by atomic mass is 10.2. The molecule has 19 heavy (non-hydrogen) atoms. The molecule has 1 aromatic rings. The van der Waals surface area contributed by atoms with Gasteiger partial charge in [0.05, 0.1) is 12.3 Å². The van der Waals surface area contributed by atoms with E-state index < -0.39 is 0 Å². The van der Waals surface area contributed by atoms with Crippen molar-refractivity contribution in [2.75, 3.05) is 45.2 Å². The maximum absolute atomic E-state index is 12.1. The van der Waals surface area contributed by atoms with Gasteiger partial charge in [-0.25, -0.2) is 4.79 Å². The van der Waals surface area contributed by atoms with Crippen LogP contribution in [0, 0.1) is 0 Å². The first-order chi connectivity index (χ1) is 9.18. The van der Waals surface area contributed by atoms with Crippen molar-refractivity contribution in [2.45, 2.75) is 6.04 Å². The lowest BCUT2D eigenvalue weighted by Gasteiger charge is -2.28. The fourth-order valence-electron chi connectivity index (χ4n) is 2.08. The number of nitrogens with one attached hydrogen (secondary N) is 1. The highest BCUT2D eigenvalue weighted by molar-refractivity contribution is 7.99. The van der Waals surface area contributed by atoms with Crippen LogP contribution in [-0.2, 0) is 0 Å². The summed E-state index contributed by atoms with van der Waals surface area (Å²) in [7, 11) is 3.97. The number of rotatable bonds is 4. The average Bonchev–Trinajstić information content (AvgIpc) is 2.93. The molecule has 2 rings (SSSR count). The van der Waals surface area contributed by atoms with E-state index in [4.69, 9.17) is 4.42 Å². The van der Waals surface area contributed by atoms with Gasteiger partial charge in [-0.2, -0.15) is 11.8 Å². The van der Waals surface area contributed by atoms with Crippen molar-refractivity contribution in [3.05, 3.63) is 24.2 Å². The van der Waals surface area contributed by atoms with E-state index in [9.17, 15) is 4.79 Å². The van der Waals surface area contributed by atoms with Crippen LogP contribution >= 0.6 is 11.8 Å². The third-order valence-electron chi connectivity index (χ3n) is 3.24. The van der Waals surface area contributed by atoms with Gasteiger partial charge >= 0.3 is 6.03 Å². The molecule has 5 nitrogen and oxygen atoms in total. The van der Waals surface area contributed by atoms with Crippen molar-refractivity contribution in [1.82, 2.24) is 15.1 Å². The summed E-state index contributed by atoms with van der Waals surface area (Å²) in [6.45, 7) is 2.23. The summed E-state index contributed by atoms with van der Waals surface area (Å²) in [6, 6.07) is 3.90. The second-order valence-electron chi connectivity index (χ2n) is 4.78. The minimum atomic E-state index is 0.0266. The van der Waals surface area contributed by atoms with Gasteiger partial charge in [0.1, 0.15) is 5.76 Å². The largest absolute Gasteiger partial charge is 0.468 e. The Morgan fingerprint density at radius 1 is 1.53 bits per heavy atom. The van der Waals surface area contributed by atoms with Crippen molar-refractivity contribution < 1.29 is 9.21 Å². The predicted octanol–water partition coefficient (Wildman–Crippen LogP) is 1.64. The summed E-state index contributed by atoms with van der Waals surface area (Å²) < 4.78 is 5.42. The second-order valence-corrected chi connectivity index (χ2v) is 6.01. The molecule has 1 saturated heterocycles. The first-order valence-electron chi connectivity index (χ1n) is 6.49. The van der Waals surface area contributed by atoms with Crippen molar-refractivity contribution in [3.63, 3.8) is 0 Å². The zero-order valence-electron chi connectivity index (χ0n) is 11.5. The third kappa shape index (κ3) is 3.91. The van der Waals surface area contributed by atoms with Crippen molar-refractivity contribution in [1.29, 1.82) is 0 Å². The standard InChI is InChI=1S/C13H21N3O2S/c1-15(2)11(12-4-3-7-18-12)10-14-13(17)16-5-8-19-9-6-16/h3-4,7,11H,5-6,8-10H2,1-2H3,(H,14,17)/t11-/m1/s1. The number of urea groups is 1. The van der Waals surface area contributed by atoms with Gasteiger partial charge in [-0.15, -0.1) is 0 Å². The van der Waals surface area contributed by atoms with Gasteiger partial charge < -0.3 is 14.6 Å². The lowest BCUT2D eigenvalue weighted by Crippen LogP contribution is -2.46. The smallest absolute Gasteiger partial charge is 0.317 e. The van der Waals surface area contributed by atoms with Crippen molar-refractivity contribution in [3.8, 4) is 0 Å². The highest BCUT2D eigenvalue weighted by Crippen LogP contribution is 2.17. The van der Waals surface area contributed by atoms with Gasteiger partial charge in [-0.05, 0) is 26.2 Å². The first kappa shape index (κ1) is 14.3. The maximum atomic E-state index is 12.1. The summed E-state index contributed by atoms with van der Waals surface area (Å²) in [5, 5.41) is 3.00. The van der Waals surface area contributed by atoms with Gasteiger partial charge in [0.25, 0.3) is 0 Å². The molecule has 0 aliphatic carbocycles. The number of hydrogen-bond donors (Lipinski definition) is 1.